The SMILES string of the molecule is C=C1CCCCCCCCCCC1CCC(C)C. The first-order valence-electron chi connectivity index (χ1n) is 8.38. The molecular formula is C18H34. The molecule has 0 aromatic heterocycles. The highest BCUT2D eigenvalue weighted by Gasteiger charge is 2.13. The first-order valence-corrected chi connectivity index (χ1v) is 8.38. The van der Waals surface area contributed by atoms with E-state index < -0.39 is 0 Å². The third-order valence-corrected chi connectivity index (χ3v) is 4.47. The molecule has 1 aliphatic rings. The summed E-state index contributed by atoms with van der Waals surface area (Å²) in [5.74, 6) is 1.67. The Hall–Kier alpha value is -0.260. The van der Waals surface area contributed by atoms with Crippen molar-refractivity contribution in [1.29, 1.82) is 0 Å². The van der Waals surface area contributed by atoms with Crippen molar-refractivity contribution in [2.75, 3.05) is 0 Å². The molecule has 0 heterocycles. The second kappa shape index (κ2) is 9.64. The molecule has 1 aliphatic carbocycles. The molecule has 1 unspecified atom stereocenters. The highest BCUT2D eigenvalue weighted by molar-refractivity contribution is 5.00. The van der Waals surface area contributed by atoms with Crippen molar-refractivity contribution in [1.82, 2.24) is 0 Å². The molecule has 1 atom stereocenters. The van der Waals surface area contributed by atoms with Crippen molar-refractivity contribution in [2.45, 2.75) is 90.9 Å². The van der Waals surface area contributed by atoms with Crippen LogP contribution in [0.15, 0.2) is 12.2 Å². The smallest absolute Gasteiger partial charge is 0.0206 e. The minimum absolute atomic E-state index is 0.826. The van der Waals surface area contributed by atoms with Gasteiger partial charge in [0.05, 0.1) is 0 Å². The van der Waals surface area contributed by atoms with E-state index >= 15 is 0 Å². The Kier molecular flexibility index (Phi) is 8.46. The summed E-state index contributed by atoms with van der Waals surface area (Å²) in [5, 5.41) is 0. The number of allylic oxidation sites excluding steroid dienone is 1. The fourth-order valence-corrected chi connectivity index (χ4v) is 3.09. The second-order valence-corrected chi connectivity index (χ2v) is 6.69. The van der Waals surface area contributed by atoms with Gasteiger partial charge in [0.25, 0.3) is 0 Å². The summed E-state index contributed by atoms with van der Waals surface area (Å²) in [5.41, 5.74) is 1.57. The molecule has 1 saturated carbocycles. The molecule has 0 aliphatic heterocycles. The number of hydrogen-bond donors (Lipinski definition) is 0. The zero-order valence-corrected chi connectivity index (χ0v) is 12.8. The second-order valence-electron chi connectivity index (χ2n) is 6.69. The fourth-order valence-electron chi connectivity index (χ4n) is 3.09. The van der Waals surface area contributed by atoms with Crippen molar-refractivity contribution >= 4 is 0 Å². The molecule has 0 nitrogen and oxygen atoms in total. The van der Waals surface area contributed by atoms with Crippen LogP contribution in [-0.4, -0.2) is 0 Å². The zero-order chi connectivity index (χ0) is 13.2. The number of rotatable bonds is 3. The Balaban J connectivity index is 2.39. The molecule has 0 amide bonds. The van der Waals surface area contributed by atoms with E-state index in [0.717, 1.165) is 11.8 Å². The summed E-state index contributed by atoms with van der Waals surface area (Å²) < 4.78 is 0. The maximum absolute atomic E-state index is 4.40. The molecular weight excluding hydrogens is 216 g/mol. The van der Waals surface area contributed by atoms with Gasteiger partial charge in [0.2, 0.25) is 0 Å². The molecule has 1 fully saturated rings. The highest BCUT2D eigenvalue weighted by atomic mass is 14.2. The molecule has 0 saturated heterocycles. The van der Waals surface area contributed by atoms with Crippen LogP contribution in [0.4, 0.5) is 0 Å². The molecule has 0 bridgehead atoms. The first kappa shape index (κ1) is 15.8. The van der Waals surface area contributed by atoms with Crippen LogP contribution >= 0.6 is 0 Å². The van der Waals surface area contributed by atoms with Gasteiger partial charge in [0, 0.05) is 0 Å². The normalized spacial score (nSPS) is 24.6. The van der Waals surface area contributed by atoms with E-state index in [9.17, 15) is 0 Å². The van der Waals surface area contributed by atoms with Gasteiger partial charge in [-0.1, -0.05) is 77.4 Å². The molecule has 0 N–H and O–H groups in total. The molecule has 106 valence electrons. The Bertz CT molecular complexity index is 214. The minimum atomic E-state index is 0.826. The summed E-state index contributed by atoms with van der Waals surface area (Å²) in [6.07, 6.45) is 17.0. The monoisotopic (exact) mass is 250 g/mol. The van der Waals surface area contributed by atoms with E-state index in [1.165, 1.54) is 77.0 Å². The quantitative estimate of drug-likeness (QED) is 0.501. The van der Waals surface area contributed by atoms with Gasteiger partial charge in [-0.15, -0.1) is 0 Å². The van der Waals surface area contributed by atoms with Crippen LogP contribution in [0.25, 0.3) is 0 Å². The van der Waals surface area contributed by atoms with Gasteiger partial charge in [-0.2, -0.15) is 0 Å². The van der Waals surface area contributed by atoms with Crippen molar-refractivity contribution < 1.29 is 0 Å². The molecule has 0 spiro atoms. The lowest BCUT2D eigenvalue weighted by Gasteiger charge is -2.21. The topological polar surface area (TPSA) is 0 Å². The Morgan fingerprint density at radius 1 is 0.944 bits per heavy atom. The molecule has 18 heavy (non-hydrogen) atoms. The largest absolute Gasteiger partial charge is 0.0996 e. The summed E-state index contributed by atoms with van der Waals surface area (Å²) in [6, 6.07) is 0. The van der Waals surface area contributed by atoms with Gasteiger partial charge in [-0.25, -0.2) is 0 Å². The third kappa shape index (κ3) is 7.24. The molecule has 0 heteroatoms. The average molecular weight is 250 g/mol. The van der Waals surface area contributed by atoms with Crippen LogP contribution in [0.2, 0.25) is 0 Å². The summed E-state index contributed by atoms with van der Waals surface area (Å²) >= 11 is 0. The van der Waals surface area contributed by atoms with E-state index in [2.05, 4.69) is 20.4 Å². The Morgan fingerprint density at radius 3 is 2.11 bits per heavy atom. The minimum Gasteiger partial charge on any atom is -0.0996 e. The van der Waals surface area contributed by atoms with Gasteiger partial charge in [-0.3, -0.25) is 0 Å². The van der Waals surface area contributed by atoms with E-state index in [1.54, 1.807) is 5.57 Å². The van der Waals surface area contributed by atoms with Crippen molar-refractivity contribution in [3.8, 4) is 0 Å². The lowest BCUT2D eigenvalue weighted by atomic mass is 9.85. The van der Waals surface area contributed by atoms with Gasteiger partial charge >= 0.3 is 0 Å². The first-order chi connectivity index (χ1) is 8.70. The number of hydrogen-bond acceptors (Lipinski definition) is 0. The summed E-state index contributed by atoms with van der Waals surface area (Å²) in [6.45, 7) is 9.09. The van der Waals surface area contributed by atoms with E-state index in [-0.39, 0.29) is 0 Å². The predicted octanol–water partition coefficient (Wildman–Crippen LogP) is 6.51. The van der Waals surface area contributed by atoms with Gasteiger partial charge in [0.1, 0.15) is 0 Å². The van der Waals surface area contributed by atoms with Gasteiger partial charge in [0.15, 0.2) is 0 Å². The van der Waals surface area contributed by atoms with Gasteiger partial charge < -0.3 is 0 Å². The van der Waals surface area contributed by atoms with Crippen LogP contribution in [0.1, 0.15) is 90.9 Å². The summed E-state index contributed by atoms with van der Waals surface area (Å²) in [4.78, 5) is 0. The lowest BCUT2D eigenvalue weighted by Crippen LogP contribution is -2.06. The van der Waals surface area contributed by atoms with Crippen LogP contribution in [0, 0.1) is 11.8 Å². The predicted molar refractivity (Wildman–Crippen MR) is 82.9 cm³/mol. The molecule has 0 radical (unpaired) electrons. The van der Waals surface area contributed by atoms with Crippen LogP contribution in [0.3, 0.4) is 0 Å². The summed E-state index contributed by atoms with van der Waals surface area (Å²) in [7, 11) is 0. The maximum atomic E-state index is 4.40. The van der Waals surface area contributed by atoms with E-state index in [0.29, 0.717) is 0 Å². The van der Waals surface area contributed by atoms with E-state index in [4.69, 9.17) is 0 Å². The lowest BCUT2D eigenvalue weighted by molar-refractivity contribution is 0.411. The van der Waals surface area contributed by atoms with Crippen LogP contribution in [0.5, 0.6) is 0 Å². The third-order valence-electron chi connectivity index (χ3n) is 4.47. The van der Waals surface area contributed by atoms with Crippen LogP contribution in [-0.2, 0) is 0 Å². The highest BCUT2D eigenvalue weighted by Crippen LogP contribution is 2.29. The van der Waals surface area contributed by atoms with Crippen molar-refractivity contribution in [3.05, 3.63) is 12.2 Å². The van der Waals surface area contributed by atoms with Crippen molar-refractivity contribution in [3.63, 3.8) is 0 Å². The standard InChI is InChI=1S/C18H34/c1-16(2)14-15-18-13-11-9-7-5-4-6-8-10-12-17(18)3/h16,18H,3-15H2,1-2H3. The average Bonchev–Trinajstić information content (AvgIpc) is 2.32. The Labute approximate surface area is 115 Å². The van der Waals surface area contributed by atoms with Crippen molar-refractivity contribution in [2.24, 2.45) is 11.8 Å². The van der Waals surface area contributed by atoms with Gasteiger partial charge in [-0.05, 0) is 37.5 Å². The van der Waals surface area contributed by atoms with Crippen LogP contribution < -0.4 is 0 Å². The fraction of sp³-hybridized carbons (Fsp3) is 0.889. The molecule has 0 aromatic carbocycles. The van der Waals surface area contributed by atoms with E-state index in [1.807, 2.05) is 0 Å². The maximum Gasteiger partial charge on any atom is -0.0206 e. The Morgan fingerprint density at radius 2 is 1.50 bits per heavy atom. The zero-order valence-electron chi connectivity index (χ0n) is 12.8. The molecule has 1 rings (SSSR count). The molecule has 0 aromatic rings.